The Morgan fingerprint density at radius 1 is 1.10 bits per heavy atom. The number of hydrogen-bond donors (Lipinski definition) is 1. The van der Waals surface area contributed by atoms with Crippen LogP contribution in [-0.2, 0) is 0 Å². The lowest BCUT2D eigenvalue weighted by atomic mass is 10.0. The van der Waals surface area contributed by atoms with Gasteiger partial charge < -0.3 is 5.32 Å². The van der Waals surface area contributed by atoms with Gasteiger partial charge in [-0.1, -0.05) is 29.3 Å². The molecule has 1 N–H and O–H groups in total. The van der Waals surface area contributed by atoms with Crippen molar-refractivity contribution in [2.24, 2.45) is 0 Å². The highest BCUT2D eigenvalue weighted by Crippen LogP contribution is 2.34. The van der Waals surface area contributed by atoms with E-state index in [0.29, 0.717) is 10.0 Å². The minimum absolute atomic E-state index is 0.244. The summed E-state index contributed by atoms with van der Waals surface area (Å²) in [7, 11) is 0. The number of halogens is 2. The molecule has 5 heteroatoms. The maximum Gasteiger partial charge on any atom is 0.0697 e. The van der Waals surface area contributed by atoms with Crippen molar-refractivity contribution in [2.45, 2.75) is 6.04 Å². The average Bonchev–Trinajstić information content (AvgIpc) is 2.93. The summed E-state index contributed by atoms with van der Waals surface area (Å²) in [5.74, 6) is 0. The molecule has 1 atom stereocenters. The Morgan fingerprint density at radius 2 is 1.80 bits per heavy atom. The summed E-state index contributed by atoms with van der Waals surface area (Å²) < 4.78 is 0. The molecule has 0 amide bonds. The van der Waals surface area contributed by atoms with E-state index in [1.807, 2.05) is 12.1 Å². The molecular weight excluding hydrogens is 311 g/mol. The molecule has 0 saturated carbocycles. The zero-order valence-electron chi connectivity index (χ0n) is 11.0. The highest BCUT2D eigenvalue weighted by atomic mass is 35.5. The maximum atomic E-state index is 6.18. The number of hydrogen-bond acceptors (Lipinski definition) is 3. The Labute approximate surface area is 133 Å². The van der Waals surface area contributed by atoms with Gasteiger partial charge in [-0.25, -0.2) is 0 Å². The lowest BCUT2D eigenvalue weighted by Crippen LogP contribution is -2.45. The first-order valence-electron chi connectivity index (χ1n) is 6.68. The second-order valence-corrected chi connectivity index (χ2v) is 6.76. The highest BCUT2D eigenvalue weighted by Gasteiger charge is 2.25. The van der Waals surface area contributed by atoms with E-state index >= 15 is 0 Å². The Kier molecular flexibility index (Phi) is 4.64. The van der Waals surface area contributed by atoms with Crippen LogP contribution >= 0.6 is 34.5 Å². The van der Waals surface area contributed by atoms with Crippen LogP contribution in [0.15, 0.2) is 35.7 Å². The number of benzene rings is 1. The standard InChI is InChI=1S/C15H16Cl2N2S/c16-12-8-11(9-13(17)10-12)15(14-2-1-7-20-14)19-5-3-18-4-6-19/h1-2,7-10,15,18H,3-6H2/t15-/m1/s1. The SMILES string of the molecule is Clc1cc(Cl)cc([C@H](c2cccs2)N2CCNCC2)c1. The summed E-state index contributed by atoms with van der Waals surface area (Å²) in [5.41, 5.74) is 1.17. The molecule has 0 spiro atoms. The molecule has 3 rings (SSSR count). The molecule has 0 aliphatic carbocycles. The molecule has 2 aromatic rings. The minimum atomic E-state index is 0.244. The van der Waals surface area contributed by atoms with Crippen LogP contribution in [0, 0.1) is 0 Å². The molecule has 20 heavy (non-hydrogen) atoms. The van der Waals surface area contributed by atoms with Gasteiger partial charge in [0.15, 0.2) is 0 Å². The van der Waals surface area contributed by atoms with Crippen LogP contribution in [-0.4, -0.2) is 31.1 Å². The second-order valence-electron chi connectivity index (χ2n) is 4.91. The summed E-state index contributed by atoms with van der Waals surface area (Å²) in [5, 5.41) is 6.92. The monoisotopic (exact) mass is 326 g/mol. The summed E-state index contributed by atoms with van der Waals surface area (Å²) in [6, 6.07) is 10.4. The first-order valence-corrected chi connectivity index (χ1v) is 8.32. The zero-order chi connectivity index (χ0) is 13.9. The smallest absolute Gasteiger partial charge is 0.0697 e. The van der Waals surface area contributed by atoms with E-state index in [4.69, 9.17) is 23.2 Å². The molecule has 2 heterocycles. The van der Waals surface area contributed by atoms with Crippen LogP contribution < -0.4 is 5.32 Å². The third-order valence-corrected chi connectivity index (χ3v) is 4.89. The lowest BCUT2D eigenvalue weighted by molar-refractivity contribution is 0.200. The van der Waals surface area contributed by atoms with Crippen LogP contribution in [0.3, 0.4) is 0 Å². The van der Waals surface area contributed by atoms with Gasteiger partial charge in [-0.15, -0.1) is 11.3 Å². The number of nitrogens with one attached hydrogen (secondary N) is 1. The first kappa shape index (κ1) is 14.4. The molecule has 1 aliphatic heterocycles. The fourth-order valence-electron chi connectivity index (χ4n) is 2.68. The van der Waals surface area contributed by atoms with Gasteiger partial charge in [0, 0.05) is 41.1 Å². The first-order chi connectivity index (χ1) is 9.74. The van der Waals surface area contributed by atoms with E-state index in [1.54, 1.807) is 17.4 Å². The van der Waals surface area contributed by atoms with Crippen molar-refractivity contribution < 1.29 is 0 Å². The van der Waals surface area contributed by atoms with Gasteiger partial charge in [-0.3, -0.25) is 4.90 Å². The molecule has 0 unspecified atom stereocenters. The predicted octanol–water partition coefficient (Wildman–Crippen LogP) is 4.05. The van der Waals surface area contributed by atoms with Crippen molar-refractivity contribution in [3.63, 3.8) is 0 Å². The predicted molar refractivity (Wildman–Crippen MR) is 87.1 cm³/mol. The van der Waals surface area contributed by atoms with Crippen molar-refractivity contribution in [1.29, 1.82) is 0 Å². The maximum absolute atomic E-state index is 6.18. The molecular formula is C15H16Cl2N2S. The van der Waals surface area contributed by atoms with Crippen LogP contribution in [0.4, 0.5) is 0 Å². The highest BCUT2D eigenvalue weighted by molar-refractivity contribution is 7.10. The van der Waals surface area contributed by atoms with Crippen molar-refractivity contribution in [3.05, 3.63) is 56.2 Å². The van der Waals surface area contributed by atoms with Crippen molar-refractivity contribution in [3.8, 4) is 0 Å². The number of rotatable bonds is 3. The van der Waals surface area contributed by atoms with Gasteiger partial charge in [0.25, 0.3) is 0 Å². The molecule has 1 fully saturated rings. The fourth-order valence-corrected chi connectivity index (χ4v) is 4.10. The van der Waals surface area contributed by atoms with Crippen molar-refractivity contribution >= 4 is 34.5 Å². The number of nitrogens with zero attached hydrogens (tertiary/aromatic N) is 1. The Bertz CT molecular complexity index is 545. The topological polar surface area (TPSA) is 15.3 Å². The van der Waals surface area contributed by atoms with Crippen molar-refractivity contribution in [2.75, 3.05) is 26.2 Å². The Balaban J connectivity index is 2.00. The largest absolute Gasteiger partial charge is 0.314 e. The number of thiophene rings is 1. The minimum Gasteiger partial charge on any atom is -0.314 e. The molecule has 1 saturated heterocycles. The molecule has 0 radical (unpaired) electrons. The second kappa shape index (κ2) is 6.46. The van der Waals surface area contributed by atoms with Crippen LogP contribution in [0.5, 0.6) is 0 Å². The van der Waals surface area contributed by atoms with E-state index in [9.17, 15) is 0 Å². The third-order valence-electron chi connectivity index (χ3n) is 3.53. The van der Waals surface area contributed by atoms with Crippen LogP contribution in [0.2, 0.25) is 10.0 Å². The quantitative estimate of drug-likeness (QED) is 0.915. The van der Waals surface area contributed by atoms with Crippen LogP contribution in [0.1, 0.15) is 16.5 Å². The summed E-state index contributed by atoms with van der Waals surface area (Å²) >= 11 is 14.1. The molecule has 1 aromatic carbocycles. The summed E-state index contributed by atoms with van der Waals surface area (Å²) in [6.07, 6.45) is 0. The van der Waals surface area contributed by atoms with Gasteiger partial charge in [0.2, 0.25) is 0 Å². The van der Waals surface area contributed by atoms with E-state index in [2.05, 4.69) is 27.7 Å². The molecule has 106 valence electrons. The van der Waals surface area contributed by atoms with Crippen LogP contribution in [0.25, 0.3) is 0 Å². The molecule has 0 bridgehead atoms. The summed E-state index contributed by atoms with van der Waals surface area (Å²) in [4.78, 5) is 3.83. The van der Waals surface area contributed by atoms with Gasteiger partial charge >= 0.3 is 0 Å². The van der Waals surface area contributed by atoms with Gasteiger partial charge in [0.05, 0.1) is 6.04 Å². The molecule has 1 aliphatic rings. The normalized spacial score (nSPS) is 18.1. The fraction of sp³-hybridized carbons (Fsp3) is 0.333. The third kappa shape index (κ3) is 3.18. The van der Waals surface area contributed by atoms with Gasteiger partial charge in [0.1, 0.15) is 0 Å². The van der Waals surface area contributed by atoms with Gasteiger partial charge in [-0.05, 0) is 35.2 Å². The molecule has 1 aromatic heterocycles. The van der Waals surface area contributed by atoms with E-state index in [0.717, 1.165) is 26.2 Å². The molecule has 2 nitrogen and oxygen atoms in total. The lowest BCUT2D eigenvalue weighted by Gasteiger charge is -2.35. The Morgan fingerprint density at radius 3 is 2.40 bits per heavy atom. The van der Waals surface area contributed by atoms with E-state index in [1.165, 1.54) is 10.4 Å². The van der Waals surface area contributed by atoms with Gasteiger partial charge in [-0.2, -0.15) is 0 Å². The Hall–Kier alpha value is -0.580. The summed E-state index contributed by atoms with van der Waals surface area (Å²) in [6.45, 7) is 4.12. The van der Waals surface area contributed by atoms with E-state index < -0.39 is 0 Å². The zero-order valence-corrected chi connectivity index (χ0v) is 13.3. The van der Waals surface area contributed by atoms with E-state index in [-0.39, 0.29) is 6.04 Å². The number of piperazine rings is 1. The van der Waals surface area contributed by atoms with Crippen molar-refractivity contribution in [1.82, 2.24) is 10.2 Å². The average molecular weight is 327 g/mol.